The van der Waals surface area contributed by atoms with Crippen LogP contribution in [0.4, 0.5) is 29.5 Å². The van der Waals surface area contributed by atoms with E-state index in [0.29, 0.717) is 25.8 Å². The van der Waals surface area contributed by atoms with Gasteiger partial charge in [0, 0.05) is 12.1 Å². The van der Waals surface area contributed by atoms with Crippen molar-refractivity contribution in [3.8, 4) is 0 Å². The molecule has 0 spiro atoms. The number of urea groups is 1. The molecule has 0 bridgehead atoms. The lowest BCUT2D eigenvalue weighted by atomic mass is 10.0. The molecule has 8 nitrogen and oxygen atoms in total. The molecule has 1 aromatic carbocycles. The molecule has 168 valence electrons. The van der Waals surface area contributed by atoms with Gasteiger partial charge in [-0.2, -0.15) is 4.39 Å². The maximum atomic E-state index is 14.5. The minimum atomic E-state index is -0.966. The van der Waals surface area contributed by atoms with Crippen molar-refractivity contribution in [1.29, 1.82) is 0 Å². The molecule has 5 rings (SSSR count). The third kappa shape index (κ3) is 3.71. The number of rotatable bonds is 4. The van der Waals surface area contributed by atoms with Crippen molar-refractivity contribution in [2.45, 2.75) is 37.5 Å². The SMILES string of the molecule is O=C(Nc1c(F)nn2cc(Cl)c(N3CCCC3c3cc(F)ccc3F)nc12)N[C@@H]1C[C@H]1O. The molecule has 3 aromatic rings. The van der Waals surface area contributed by atoms with Crippen LogP contribution in [0.3, 0.4) is 0 Å². The Morgan fingerprint density at radius 1 is 1.28 bits per heavy atom. The minimum absolute atomic E-state index is 0.00115. The van der Waals surface area contributed by atoms with Gasteiger partial charge < -0.3 is 20.6 Å². The van der Waals surface area contributed by atoms with Crippen molar-refractivity contribution in [3.05, 3.63) is 52.6 Å². The summed E-state index contributed by atoms with van der Waals surface area (Å²) in [6, 6.07) is 1.66. The van der Waals surface area contributed by atoms with Gasteiger partial charge in [-0.05, 0) is 37.5 Å². The van der Waals surface area contributed by atoms with E-state index in [1.165, 1.54) is 6.20 Å². The Hall–Kier alpha value is -3.05. The molecular formula is C20H18ClF3N6O2. The van der Waals surface area contributed by atoms with Crippen molar-refractivity contribution in [2.75, 3.05) is 16.8 Å². The van der Waals surface area contributed by atoms with Crippen LogP contribution in [0.15, 0.2) is 24.4 Å². The second-order valence-electron chi connectivity index (χ2n) is 7.87. The summed E-state index contributed by atoms with van der Waals surface area (Å²) in [5.41, 5.74) is -0.0809. The first-order valence-electron chi connectivity index (χ1n) is 10.0. The highest BCUT2D eigenvalue weighted by molar-refractivity contribution is 6.33. The number of carbonyl (C=O) groups is 1. The van der Waals surface area contributed by atoms with Crippen LogP contribution in [-0.2, 0) is 0 Å². The normalized spacial score (nSPS) is 22.4. The van der Waals surface area contributed by atoms with Gasteiger partial charge in [-0.1, -0.05) is 11.6 Å². The molecule has 2 amide bonds. The maximum Gasteiger partial charge on any atom is 0.319 e. The zero-order valence-corrected chi connectivity index (χ0v) is 17.3. The summed E-state index contributed by atoms with van der Waals surface area (Å²) in [5, 5.41) is 18.1. The first-order valence-corrected chi connectivity index (χ1v) is 10.4. The largest absolute Gasteiger partial charge is 0.391 e. The van der Waals surface area contributed by atoms with E-state index in [1.807, 2.05) is 0 Å². The summed E-state index contributed by atoms with van der Waals surface area (Å²) in [6.45, 7) is 0.475. The smallest absolute Gasteiger partial charge is 0.319 e. The van der Waals surface area contributed by atoms with Crippen LogP contribution in [0.1, 0.15) is 30.9 Å². The van der Waals surface area contributed by atoms with Crippen LogP contribution in [0.5, 0.6) is 0 Å². The fourth-order valence-electron chi connectivity index (χ4n) is 3.99. The summed E-state index contributed by atoms with van der Waals surface area (Å²) < 4.78 is 43.8. The van der Waals surface area contributed by atoms with E-state index in [2.05, 4.69) is 20.7 Å². The first-order chi connectivity index (χ1) is 15.3. The van der Waals surface area contributed by atoms with Crippen molar-refractivity contribution >= 4 is 34.8 Å². The number of nitrogens with zero attached hydrogens (tertiary/aromatic N) is 4. The van der Waals surface area contributed by atoms with Crippen molar-refractivity contribution in [3.63, 3.8) is 0 Å². The average molecular weight is 467 g/mol. The van der Waals surface area contributed by atoms with E-state index in [-0.39, 0.29) is 33.8 Å². The second-order valence-corrected chi connectivity index (χ2v) is 8.28. The van der Waals surface area contributed by atoms with Crippen molar-refractivity contribution < 1.29 is 23.1 Å². The molecule has 2 aromatic heterocycles. The predicted octanol–water partition coefficient (Wildman–Crippen LogP) is 3.40. The van der Waals surface area contributed by atoms with Crippen LogP contribution in [-0.4, -0.2) is 44.4 Å². The van der Waals surface area contributed by atoms with Crippen molar-refractivity contribution in [2.24, 2.45) is 0 Å². The number of aliphatic hydroxyl groups is 1. The summed E-state index contributed by atoms with van der Waals surface area (Å²) in [4.78, 5) is 18.3. The number of amides is 2. The Kier molecular flexibility index (Phi) is 5.09. The highest BCUT2D eigenvalue weighted by atomic mass is 35.5. The van der Waals surface area contributed by atoms with Crippen LogP contribution < -0.4 is 15.5 Å². The van der Waals surface area contributed by atoms with Gasteiger partial charge in [0.1, 0.15) is 22.3 Å². The number of aliphatic hydroxyl groups excluding tert-OH is 1. The Bertz CT molecular complexity index is 1220. The lowest BCUT2D eigenvalue weighted by Crippen LogP contribution is -2.32. The van der Waals surface area contributed by atoms with E-state index in [9.17, 15) is 23.1 Å². The Labute approximate surface area is 185 Å². The molecule has 3 heterocycles. The van der Waals surface area contributed by atoms with Gasteiger partial charge in [0.25, 0.3) is 5.95 Å². The third-order valence-corrected chi connectivity index (χ3v) is 5.92. The number of hydrogen-bond acceptors (Lipinski definition) is 5. The van der Waals surface area contributed by atoms with Gasteiger partial charge in [-0.15, -0.1) is 5.10 Å². The molecule has 32 heavy (non-hydrogen) atoms. The number of halogens is 4. The average Bonchev–Trinajstić information content (AvgIpc) is 3.11. The highest BCUT2D eigenvalue weighted by Crippen LogP contribution is 2.40. The molecule has 1 saturated heterocycles. The van der Waals surface area contributed by atoms with E-state index in [1.54, 1.807) is 4.90 Å². The number of benzene rings is 1. The molecule has 12 heteroatoms. The van der Waals surface area contributed by atoms with Crippen LogP contribution in [0, 0.1) is 17.6 Å². The number of anilines is 2. The molecule has 1 unspecified atom stereocenters. The van der Waals surface area contributed by atoms with Gasteiger partial charge in [-0.25, -0.2) is 23.1 Å². The standard InChI is InChI=1S/C20H18ClF3N6O2/c21-11-8-30-19(16(17(24)28-30)26-20(32)25-13-7-15(13)31)27-18(11)29-5-1-2-14(29)10-6-9(22)3-4-12(10)23/h3-4,6,8,13-15,31H,1-2,5,7H2,(H2,25,26,32)/t13-,14?,15-/m1/s1. The van der Waals surface area contributed by atoms with E-state index >= 15 is 0 Å². The lowest BCUT2D eigenvalue weighted by molar-refractivity contribution is 0.241. The Morgan fingerprint density at radius 2 is 2.06 bits per heavy atom. The molecular weight excluding hydrogens is 449 g/mol. The van der Waals surface area contributed by atoms with Gasteiger partial charge in [0.15, 0.2) is 11.5 Å². The fraction of sp³-hybridized carbons (Fsp3) is 0.350. The minimum Gasteiger partial charge on any atom is -0.391 e. The molecule has 3 atom stereocenters. The Balaban J connectivity index is 1.50. The Morgan fingerprint density at radius 3 is 2.81 bits per heavy atom. The summed E-state index contributed by atoms with van der Waals surface area (Å²) in [5.74, 6) is -1.83. The number of hydrogen-bond donors (Lipinski definition) is 3. The molecule has 2 fully saturated rings. The maximum absolute atomic E-state index is 14.5. The number of fused-ring (bicyclic) bond motifs is 1. The van der Waals surface area contributed by atoms with Gasteiger partial charge in [0.2, 0.25) is 0 Å². The van der Waals surface area contributed by atoms with Gasteiger partial charge in [-0.3, -0.25) is 0 Å². The summed E-state index contributed by atoms with van der Waals surface area (Å²) in [6.07, 6.45) is 2.39. The number of nitrogens with one attached hydrogen (secondary N) is 2. The van der Waals surface area contributed by atoms with Crippen molar-refractivity contribution in [1.82, 2.24) is 19.9 Å². The van der Waals surface area contributed by atoms with E-state index in [4.69, 9.17) is 11.6 Å². The zero-order valence-electron chi connectivity index (χ0n) is 16.5. The molecule has 1 aliphatic carbocycles. The highest BCUT2D eigenvalue weighted by Gasteiger charge is 2.37. The third-order valence-electron chi connectivity index (χ3n) is 5.66. The van der Waals surface area contributed by atoms with Crippen LogP contribution >= 0.6 is 11.6 Å². The van der Waals surface area contributed by atoms with Gasteiger partial charge in [0.05, 0.1) is 24.4 Å². The monoisotopic (exact) mass is 466 g/mol. The molecule has 0 radical (unpaired) electrons. The molecule has 2 aliphatic rings. The topological polar surface area (TPSA) is 94.8 Å². The van der Waals surface area contributed by atoms with Crippen LogP contribution in [0.2, 0.25) is 5.02 Å². The molecule has 3 N–H and O–H groups in total. The second kappa shape index (κ2) is 7.82. The van der Waals surface area contributed by atoms with E-state index in [0.717, 1.165) is 22.7 Å². The van der Waals surface area contributed by atoms with E-state index < -0.39 is 35.8 Å². The predicted molar refractivity (Wildman–Crippen MR) is 110 cm³/mol. The van der Waals surface area contributed by atoms with Crippen LogP contribution in [0.25, 0.3) is 5.65 Å². The molecule has 1 aliphatic heterocycles. The lowest BCUT2D eigenvalue weighted by Gasteiger charge is -2.27. The summed E-state index contributed by atoms with van der Waals surface area (Å²) >= 11 is 6.38. The summed E-state index contributed by atoms with van der Waals surface area (Å²) in [7, 11) is 0. The number of carbonyl (C=O) groups excluding carboxylic acids is 1. The fourth-order valence-corrected chi connectivity index (χ4v) is 4.24. The molecule has 1 saturated carbocycles. The number of aromatic nitrogens is 3. The van der Waals surface area contributed by atoms with Gasteiger partial charge >= 0.3 is 6.03 Å². The zero-order chi connectivity index (χ0) is 22.6. The first kappa shape index (κ1) is 20.8. The quantitative estimate of drug-likeness (QED) is 0.548.